The average Bonchev–Trinajstić information content (AvgIpc) is 3.15. The van der Waals surface area contributed by atoms with E-state index in [0.717, 1.165) is 35.7 Å². The summed E-state index contributed by atoms with van der Waals surface area (Å²) in [5.41, 5.74) is 7.86. The van der Waals surface area contributed by atoms with Crippen LogP contribution in [0, 0.1) is 0 Å². The highest BCUT2D eigenvalue weighted by Crippen LogP contribution is 2.33. The van der Waals surface area contributed by atoms with Crippen LogP contribution in [-0.4, -0.2) is 21.2 Å². The van der Waals surface area contributed by atoms with Crippen molar-refractivity contribution < 1.29 is 4.52 Å². The van der Waals surface area contributed by atoms with Gasteiger partial charge in [0, 0.05) is 29.1 Å². The van der Waals surface area contributed by atoms with Crippen LogP contribution < -0.4 is 5.73 Å². The lowest BCUT2D eigenvalue weighted by Crippen LogP contribution is -2.14. The molecule has 0 radical (unpaired) electrons. The summed E-state index contributed by atoms with van der Waals surface area (Å²) in [4.78, 5) is 8.86. The summed E-state index contributed by atoms with van der Waals surface area (Å²) < 4.78 is 5.43. The number of rotatable bonds is 2. The number of hydrogen-bond acceptors (Lipinski definition) is 5. The van der Waals surface area contributed by atoms with Crippen LogP contribution in [0.4, 0.5) is 0 Å². The second kappa shape index (κ2) is 4.93. The molecule has 0 bridgehead atoms. The van der Waals surface area contributed by atoms with Gasteiger partial charge in [-0.15, -0.1) is 0 Å². The average molecular weight is 280 g/mol. The molecule has 2 N–H and O–H groups in total. The molecule has 4 rings (SSSR count). The third-order valence-electron chi connectivity index (χ3n) is 4.13. The fourth-order valence-corrected chi connectivity index (χ4v) is 2.97. The van der Waals surface area contributed by atoms with Crippen molar-refractivity contribution in [3.8, 4) is 11.4 Å². The molecule has 0 spiro atoms. The van der Waals surface area contributed by atoms with Gasteiger partial charge in [0.1, 0.15) is 0 Å². The molecule has 1 saturated carbocycles. The zero-order valence-corrected chi connectivity index (χ0v) is 11.6. The van der Waals surface area contributed by atoms with Gasteiger partial charge in [-0.2, -0.15) is 4.98 Å². The lowest BCUT2D eigenvalue weighted by atomic mass is 10.1. The summed E-state index contributed by atoms with van der Waals surface area (Å²) in [7, 11) is 0. The topological polar surface area (TPSA) is 77.8 Å². The van der Waals surface area contributed by atoms with Gasteiger partial charge in [-0.3, -0.25) is 4.98 Å². The molecule has 0 saturated heterocycles. The second-order valence-electron chi connectivity index (χ2n) is 5.64. The van der Waals surface area contributed by atoms with Crippen LogP contribution in [-0.2, 0) is 0 Å². The van der Waals surface area contributed by atoms with Gasteiger partial charge in [-0.1, -0.05) is 11.2 Å². The molecule has 3 aromatic rings. The van der Waals surface area contributed by atoms with E-state index in [-0.39, 0.29) is 6.04 Å². The number of benzene rings is 1. The van der Waals surface area contributed by atoms with Crippen LogP contribution in [0.3, 0.4) is 0 Å². The predicted octanol–water partition coefficient (Wildman–Crippen LogP) is 2.88. The van der Waals surface area contributed by atoms with Gasteiger partial charge in [0.25, 0.3) is 0 Å². The van der Waals surface area contributed by atoms with Gasteiger partial charge in [0.05, 0.1) is 5.52 Å². The number of aromatic nitrogens is 3. The molecule has 0 amide bonds. The Balaban J connectivity index is 1.67. The van der Waals surface area contributed by atoms with E-state index in [9.17, 15) is 0 Å². The Labute approximate surface area is 122 Å². The molecular weight excluding hydrogens is 264 g/mol. The molecule has 1 aliphatic rings. The molecule has 21 heavy (non-hydrogen) atoms. The first kappa shape index (κ1) is 12.5. The Hall–Kier alpha value is -2.27. The number of nitrogens with zero attached hydrogens (tertiary/aromatic N) is 3. The van der Waals surface area contributed by atoms with Gasteiger partial charge >= 0.3 is 0 Å². The maximum atomic E-state index is 5.95. The first-order valence-electron chi connectivity index (χ1n) is 7.24. The van der Waals surface area contributed by atoms with E-state index >= 15 is 0 Å². The zero-order valence-electron chi connectivity index (χ0n) is 11.6. The van der Waals surface area contributed by atoms with Crippen LogP contribution in [0.15, 0.2) is 41.1 Å². The summed E-state index contributed by atoms with van der Waals surface area (Å²) in [5, 5.41) is 5.19. The third-order valence-corrected chi connectivity index (χ3v) is 4.13. The molecule has 1 aromatic carbocycles. The van der Waals surface area contributed by atoms with E-state index in [1.807, 2.05) is 30.3 Å². The van der Waals surface area contributed by atoms with E-state index in [0.29, 0.717) is 17.6 Å². The van der Waals surface area contributed by atoms with Crippen molar-refractivity contribution >= 4 is 10.9 Å². The normalized spacial score (nSPS) is 22.0. The molecule has 0 aliphatic heterocycles. The highest BCUT2D eigenvalue weighted by atomic mass is 16.5. The molecule has 2 heterocycles. The third kappa shape index (κ3) is 2.29. The molecule has 1 aliphatic carbocycles. The minimum atomic E-state index is 0.261. The number of pyridine rings is 1. The van der Waals surface area contributed by atoms with Gasteiger partial charge in [0.2, 0.25) is 11.7 Å². The SMILES string of the molecule is NC1CCC(c2nc(-c3ccc4ncccc4c3)no2)C1. The summed E-state index contributed by atoms with van der Waals surface area (Å²) in [6.07, 6.45) is 4.79. The fraction of sp³-hybridized carbons (Fsp3) is 0.312. The summed E-state index contributed by atoms with van der Waals surface area (Å²) in [6.45, 7) is 0. The van der Waals surface area contributed by atoms with E-state index in [1.165, 1.54) is 0 Å². The Morgan fingerprint density at radius 2 is 2.14 bits per heavy atom. The summed E-state index contributed by atoms with van der Waals surface area (Å²) in [5.74, 6) is 1.66. The Kier molecular flexibility index (Phi) is 2.93. The van der Waals surface area contributed by atoms with Gasteiger partial charge < -0.3 is 10.3 Å². The van der Waals surface area contributed by atoms with E-state index in [1.54, 1.807) is 6.20 Å². The lowest BCUT2D eigenvalue weighted by Gasteiger charge is -2.01. The highest BCUT2D eigenvalue weighted by molar-refractivity contribution is 5.82. The van der Waals surface area contributed by atoms with E-state index in [2.05, 4.69) is 15.1 Å². The van der Waals surface area contributed by atoms with Crippen LogP contribution in [0.5, 0.6) is 0 Å². The molecule has 2 atom stereocenters. The molecule has 5 heteroatoms. The number of nitrogens with two attached hydrogens (primary N) is 1. The standard InChI is InChI=1S/C16H16N4O/c17-13-5-3-12(9-13)16-19-15(20-21-16)11-4-6-14-10(8-11)2-1-7-18-14/h1-2,4,6-8,12-13H,3,5,9,17H2. The van der Waals surface area contributed by atoms with Crippen molar-refractivity contribution in [3.05, 3.63) is 42.4 Å². The Morgan fingerprint density at radius 3 is 3.00 bits per heavy atom. The largest absolute Gasteiger partial charge is 0.339 e. The molecule has 2 aromatic heterocycles. The maximum absolute atomic E-state index is 5.95. The molecular formula is C16H16N4O. The number of hydrogen-bond donors (Lipinski definition) is 1. The van der Waals surface area contributed by atoms with Gasteiger partial charge in [-0.05, 0) is 43.5 Å². The zero-order chi connectivity index (χ0) is 14.2. The van der Waals surface area contributed by atoms with Crippen LogP contribution in [0.2, 0.25) is 0 Å². The van der Waals surface area contributed by atoms with Crippen LogP contribution in [0.1, 0.15) is 31.1 Å². The summed E-state index contributed by atoms with van der Waals surface area (Å²) >= 11 is 0. The van der Waals surface area contributed by atoms with Crippen molar-refractivity contribution in [2.75, 3.05) is 0 Å². The molecule has 106 valence electrons. The molecule has 5 nitrogen and oxygen atoms in total. The van der Waals surface area contributed by atoms with Gasteiger partial charge in [-0.25, -0.2) is 0 Å². The maximum Gasteiger partial charge on any atom is 0.230 e. The van der Waals surface area contributed by atoms with E-state index in [4.69, 9.17) is 10.3 Å². The minimum Gasteiger partial charge on any atom is -0.339 e. The number of fused-ring (bicyclic) bond motifs is 1. The smallest absolute Gasteiger partial charge is 0.230 e. The van der Waals surface area contributed by atoms with E-state index < -0.39 is 0 Å². The lowest BCUT2D eigenvalue weighted by molar-refractivity contribution is 0.353. The molecule has 1 fully saturated rings. The van der Waals surface area contributed by atoms with Crippen molar-refractivity contribution in [3.63, 3.8) is 0 Å². The quantitative estimate of drug-likeness (QED) is 0.781. The monoisotopic (exact) mass is 280 g/mol. The van der Waals surface area contributed by atoms with Crippen LogP contribution in [0.25, 0.3) is 22.3 Å². The van der Waals surface area contributed by atoms with Crippen molar-refractivity contribution in [2.24, 2.45) is 5.73 Å². The predicted molar refractivity (Wildman–Crippen MR) is 79.6 cm³/mol. The fourth-order valence-electron chi connectivity index (χ4n) is 2.97. The minimum absolute atomic E-state index is 0.261. The van der Waals surface area contributed by atoms with Crippen molar-refractivity contribution in [1.82, 2.24) is 15.1 Å². The highest BCUT2D eigenvalue weighted by Gasteiger charge is 2.28. The van der Waals surface area contributed by atoms with Gasteiger partial charge in [0.15, 0.2) is 0 Å². The van der Waals surface area contributed by atoms with Crippen molar-refractivity contribution in [1.29, 1.82) is 0 Å². The second-order valence-corrected chi connectivity index (χ2v) is 5.64. The Morgan fingerprint density at radius 1 is 1.19 bits per heavy atom. The van der Waals surface area contributed by atoms with Crippen LogP contribution >= 0.6 is 0 Å². The van der Waals surface area contributed by atoms with Crippen molar-refractivity contribution in [2.45, 2.75) is 31.2 Å². The first-order chi connectivity index (χ1) is 10.3. The summed E-state index contributed by atoms with van der Waals surface area (Å²) in [6, 6.07) is 10.2. The Bertz CT molecular complexity index is 783. The molecule has 2 unspecified atom stereocenters. The first-order valence-corrected chi connectivity index (χ1v) is 7.24.